The lowest BCUT2D eigenvalue weighted by Crippen LogP contribution is -2.51. The van der Waals surface area contributed by atoms with Crippen LogP contribution in [0, 0.1) is 22.6 Å². The molecule has 0 radical (unpaired) electrons. The van der Waals surface area contributed by atoms with Crippen molar-refractivity contribution in [3.8, 4) is 0 Å². The van der Waals surface area contributed by atoms with Crippen molar-refractivity contribution in [2.75, 3.05) is 18.5 Å². The standard InChI is InChI=1S/C23H36FN9O8/c1-3-4-5-8-39-23(38)32-18-12(24)10-33(22(37)31-18)19-17(41-15(36)6-7-29-20(25)26)16(11(2)40-19)13(9-14(34)35)30-21(27)28/h10-11,13,16-17,19H,3-9H2,1-2H3,(H,34,35)(H4,25,26,29)(H4,27,28,30)(H,31,32,37,38)/t11-,13?,16+,17-,19-/m1/s1. The molecule has 1 aromatic rings. The van der Waals surface area contributed by atoms with E-state index in [-0.39, 0.29) is 25.5 Å². The third-order valence-corrected chi connectivity index (χ3v) is 6.05. The molecule has 2 heterocycles. The summed E-state index contributed by atoms with van der Waals surface area (Å²) in [6.45, 7) is 3.50. The number of carboxylic acids is 1. The number of esters is 1. The van der Waals surface area contributed by atoms with Crippen LogP contribution in [0.1, 0.15) is 52.2 Å². The maximum absolute atomic E-state index is 15.0. The van der Waals surface area contributed by atoms with E-state index in [1.807, 2.05) is 6.92 Å². The highest BCUT2D eigenvalue weighted by Gasteiger charge is 2.50. The molecule has 1 aliphatic heterocycles. The molecule has 18 heteroatoms. The molecule has 0 aromatic carbocycles. The summed E-state index contributed by atoms with van der Waals surface area (Å²) in [7, 11) is 0. The molecule has 2 rings (SSSR count). The van der Waals surface area contributed by atoms with Crippen molar-refractivity contribution in [3.05, 3.63) is 22.5 Å². The number of aliphatic carboxylic acids is 1. The number of hydrogen-bond donors (Lipinski definition) is 8. The summed E-state index contributed by atoms with van der Waals surface area (Å²) in [5.74, 6) is -5.86. The fourth-order valence-corrected chi connectivity index (χ4v) is 4.31. The zero-order chi connectivity index (χ0) is 30.7. The maximum atomic E-state index is 15.0. The molecule has 1 amide bonds. The Balaban J connectivity index is 2.38. The number of rotatable bonds is 14. The predicted molar refractivity (Wildman–Crippen MR) is 142 cm³/mol. The molecule has 1 aliphatic rings. The van der Waals surface area contributed by atoms with E-state index in [1.54, 1.807) is 0 Å². The largest absolute Gasteiger partial charge is 0.481 e. The van der Waals surface area contributed by atoms with Crippen LogP contribution in [0.25, 0.3) is 0 Å². The van der Waals surface area contributed by atoms with Crippen molar-refractivity contribution in [2.24, 2.45) is 17.4 Å². The van der Waals surface area contributed by atoms with Gasteiger partial charge in [0.05, 0.1) is 31.7 Å². The minimum Gasteiger partial charge on any atom is -0.481 e. The molecule has 0 bridgehead atoms. The Hall–Kier alpha value is -4.48. The lowest BCUT2D eigenvalue weighted by atomic mass is 9.88. The Kier molecular flexibility index (Phi) is 12.2. The molecule has 0 spiro atoms. The van der Waals surface area contributed by atoms with Gasteiger partial charge < -0.3 is 41.4 Å². The van der Waals surface area contributed by atoms with Gasteiger partial charge >= 0.3 is 23.7 Å². The van der Waals surface area contributed by atoms with Crippen LogP contribution in [-0.4, -0.2) is 76.0 Å². The molecule has 5 atom stereocenters. The van der Waals surface area contributed by atoms with Crippen molar-refractivity contribution in [3.63, 3.8) is 0 Å². The second-order valence-electron chi connectivity index (χ2n) is 9.21. The highest BCUT2D eigenvalue weighted by atomic mass is 19.1. The van der Waals surface area contributed by atoms with Gasteiger partial charge in [-0.25, -0.2) is 14.0 Å². The molecule has 10 N–H and O–H groups in total. The lowest BCUT2D eigenvalue weighted by Gasteiger charge is -2.30. The van der Waals surface area contributed by atoms with Gasteiger partial charge in [-0.15, -0.1) is 0 Å². The Morgan fingerprint density at radius 3 is 2.59 bits per heavy atom. The number of nitrogens with zero attached hydrogens (tertiary/aromatic N) is 2. The van der Waals surface area contributed by atoms with Crippen LogP contribution in [-0.2, 0) is 23.8 Å². The Morgan fingerprint density at radius 2 is 1.98 bits per heavy atom. The van der Waals surface area contributed by atoms with Gasteiger partial charge in [0.25, 0.3) is 0 Å². The van der Waals surface area contributed by atoms with E-state index in [4.69, 9.17) is 36.5 Å². The number of guanidine groups is 2. The molecular weight excluding hydrogens is 549 g/mol. The Bertz CT molecular complexity index is 1160. The number of unbranched alkanes of at least 4 members (excludes halogenated alkanes) is 2. The average molecular weight is 586 g/mol. The summed E-state index contributed by atoms with van der Waals surface area (Å²) in [5.41, 5.74) is 9.57. The van der Waals surface area contributed by atoms with Crippen molar-refractivity contribution in [2.45, 2.75) is 70.4 Å². The molecule has 1 aromatic heterocycles. The zero-order valence-electron chi connectivity index (χ0n) is 22.6. The van der Waals surface area contributed by atoms with Crippen LogP contribution in [0.3, 0.4) is 0 Å². The van der Waals surface area contributed by atoms with Gasteiger partial charge in [-0.1, -0.05) is 19.8 Å². The molecule has 17 nitrogen and oxygen atoms in total. The summed E-state index contributed by atoms with van der Waals surface area (Å²) in [4.78, 5) is 52.7. The molecular formula is C23H36FN9O8. The molecule has 228 valence electrons. The van der Waals surface area contributed by atoms with E-state index >= 15 is 0 Å². The first-order chi connectivity index (χ1) is 19.3. The summed E-state index contributed by atoms with van der Waals surface area (Å²) < 4.78 is 32.1. The van der Waals surface area contributed by atoms with Gasteiger partial charge in [-0.05, 0) is 13.3 Å². The minimum absolute atomic E-state index is 0.0675. The summed E-state index contributed by atoms with van der Waals surface area (Å²) >= 11 is 0. The van der Waals surface area contributed by atoms with E-state index in [1.165, 1.54) is 6.92 Å². The summed E-state index contributed by atoms with van der Waals surface area (Å²) in [6.07, 6.45) is -2.59. The van der Waals surface area contributed by atoms with Gasteiger partial charge in [0.15, 0.2) is 35.9 Å². The smallest absolute Gasteiger partial charge is 0.412 e. The predicted octanol–water partition coefficient (Wildman–Crippen LogP) is -0.234. The van der Waals surface area contributed by atoms with Crippen LogP contribution in [0.15, 0.2) is 11.0 Å². The first kappa shape index (κ1) is 32.7. The fraction of sp³-hybridized carbons (Fsp3) is 0.609. The molecule has 1 saturated heterocycles. The quantitative estimate of drug-likeness (QED) is 0.0607. The second kappa shape index (κ2) is 15.3. The Labute approximate surface area is 234 Å². The highest BCUT2D eigenvalue weighted by molar-refractivity contribution is 5.83. The number of anilines is 1. The van der Waals surface area contributed by atoms with Crippen LogP contribution in [0.4, 0.5) is 15.0 Å². The number of nitrogens with two attached hydrogens (primary N) is 2. The molecule has 1 fully saturated rings. The van der Waals surface area contributed by atoms with Crippen molar-refractivity contribution >= 4 is 35.8 Å². The molecule has 0 aliphatic carbocycles. The molecule has 41 heavy (non-hydrogen) atoms. The SMILES string of the molecule is CCCCCOC(=O)Nc1nc(=O)n([C@@H]2O[C@H](C)[C@@H](C(CC(=O)O)NC(=N)N)[C@H]2OC(=O)CCNC(=N)N)cc1F. The van der Waals surface area contributed by atoms with Crippen LogP contribution in [0.2, 0.25) is 0 Å². The number of hydrogen-bond acceptors (Lipinski definition) is 10. The van der Waals surface area contributed by atoms with Gasteiger partial charge in [0.1, 0.15) is 0 Å². The minimum atomic E-state index is -1.48. The number of amides is 1. The fourth-order valence-electron chi connectivity index (χ4n) is 4.31. The third-order valence-electron chi connectivity index (χ3n) is 6.05. The number of ether oxygens (including phenoxy) is 3. The van der Waals surface area contributed by atoms with Gasteiger partial charge in [0, 0.05) is 18.5 Å². The van der Waals surface area contributed by atoms with E-state index in [0.717, 1.165) is 12.8 Å². The Morgan fingerprint density at radius 1 is 1.27 bits per heavy atom. The van der Waals surface area contributed by atoms with E-state index in [2.05, 4.69) is 20.9 Å². The number of carbonyl (C=O) groups excluding carboxylic acids is 2. The highest BCUT2D eigenvalue weighted by Crippen LogP contribution is 2.38. The van der Waals surface area contributed by atoms with E-state index in [0.29, 0.717) is 17.2 Å². The molecule has 1 unspecified atom stereocenters. The van der Waals surface area contributed by atoms with Crippen LogP contribution >= 0.6 is 0 Å². The van der Waals surface area contributed by atoms with Crippen molar-refractivity contribution < 1.29 is 38.1 Å². The number of halogens is 1. The number of carboxylic acid groups (broad SMARTS) is 1. The first-order valence-electron chi connectivity index (χ1n) is 12.8. The zero-order valence-corrected chi connectivity index (χ0v) is 22.6. The summed E-state index contributed by atoms with van der Waals surface area (Å²) in [5, 5.41) is 31.2. The number of aromatic nitrogens is 2. The van der Waals surface area contributed by atoms with E-state index < -0.39 is 78.1 Å². The van der Waals surface area contributed by atoms with Crippen LogP contribution in [0.5, 0.6) is 0 Å². The van der Waals surface area contributed by atoms with Gasteiger partial charge in [0.2, 0.25) is 0 Å². The first-order valence-corrected chi connectivity index (χ1v) is 12.8. The maximum Gasteiger partial charge on any atom is 0.412 e. The number of carbonyl (C=O) groups is 3. The summed E-state index contributed by atoms with van der Waals surface area (Å²) in [6, 6.07) is -1.10. The van der Waals surface area contributed by atoms with Gasteiger partial charge in [-0.3, -0.25) is 30.3 Å². The lowest BCUT2D eigenvalue weighted by molar-refractivity contribution is -0.157. The van der Waals surface area contributed by atoms with Gasteiger partial charge in [-0.2, -0.15) is 4.98 Å². The molecule has 0 saturated carbocycles. The topological polar surface area (TPSA) is 270 Å². The van der Waals surface area contributed by atoms with E-state index in [9.17, 15) is 28.7 Å². The third kappa shape index (κ3) is 9.89. The van der Waals surface area contributed by atoms with Crippen molar-refractivity contribution in [1.82, 2.24) is 20.2 Å². The van der Waals surface area contributed by atoms with Crippen LogP contribution < -0.4 is 33.1 Å². The average Bonchev–Trinajstić information content (AvgIpc) is 3.17. The normalized spacial score (nSPS) is 20.5. The van der Waals surface area contributed by atoms with Crippen molar-refractivity contribution in [1.29, 1.82) is 10.8 Å². The monoisotopic (exact) mass is 585 g/mol. The second-order valence-corrected chi connectivity index (χ2v) is 9.21. The number of nitrogens with one attached hydrogen (secondary N) is 5.